The van der Waals surface area contributed by atoms with Gasteiger partial charge >= 0.3 is 6.55 Å². The highest BCUT2D eigenvalue weighted by Crippen LogP contribution is 2.12. The second-order valence-corrected chi connectivity index (χ2v) is 3.28. The molecule has 0 atom stereocenters. The van der Waals surface area contributed by atoms with Crippen LogP contribution >= 0.6 is 34.2 Å². The molecule has 0 saturated heterocycles. The summed E-state index contributed by atoms with van der Waals surface area (Å²) in [5, 5.41) is -0.0579. The molecule has 66 valence electrons. The van der Waals surface area contributed by atoms with Crippen molar-refractivity contribution >= 4 is 34.2 Å². The van der Waals surface area contributed by atoms with E-state index in [1.165, 1.54) is 0 Å². The lowest BCUT2D eigenvalue weighted by Gasteiger charge is -2.03. The lowest BCUT2D eigenvalue weighted by atomic mass is 10.6. The predicted octanol–water partition coefficient (Wildman–Crippen LogP) is 1.90. The number of hydrogen-bond donors (Lipinski definition) is 0. The minimum absolute atomic E-state index is 0.00272. The fraction of sp³-hybridized carbons (Fsp3) is 0.200. The Morgan fingerprint density at radius 2 is 2.25 bits per heavy atom. The third-order valence-corrected chi connectivity index (χ3v) is 2.69. The number of rotatable bonds is 1. The van der Waals surface area contributed by atoms with E-state index in [0.29, 0.717) is 0 Å². The summed E-state index contributed by atoms with van der Waals surface area (Å²) in [6, 6.07) is 0. The van der Waals surface area contributed by atoms with Crippen molar-refractivity contribution in [1.82, 2.24) is 9.55 Å². The maximum absolute atomic E-state index is 12.0. The standard InChI is InChI=1S/C5H2ClF2IN2O/c6-3-2(9)4(12)11(1-10-3)5(7)8/h1,5H. The molecule has 0 aliphatic rings. The lowest BCUT2D eigenvalue weighted by Crippen LogP contribution is -2.23. The zero-order valence-electron chi connectivity index (χ0n) is 5.47. The van der Waals surface area contributed by atoms with Crippen molar-refractivity contribution in [3.8, 4) is 0 Å². The topological polar surface area (TPSA) is 34.9 Å². The van der Waals surface area contributed by atoms with E-state index in [-0.39, 0.29) is 13.3 Å². The van der Waals surface area contributed by atoms with Crippen LogP contribution in [0, 0.1) is 3.57 Å². The summed E-state index contributed by atoms with van der Waals surface area (Å²) in [5.74, 6) is 0. The van der Waals surface area contributed by atoms with Crippen LogP contribution in [0.25, 0.3) is 0 Å². The molecule has 0 saturated carbocycles. The molecule has 0 unspecified atom stereocenters. The summed E-state index contributed by atoms with van der Waals surface area (Å²) in [4.78, 5) is 14.4. The molecular weight excluding hydrogens is 304 g/mol. The molecule has 0 fully saturated rings. The molecule has 1 aromatic heterocycles. The first-order valence-electron chi connectivity index (χ1n) is 2.74. The van der Waals surface area contributed by atoms with E-state index in [2.05, 4.69) is 4.98 Å². The predicted molar refractivity (Wildman–Crippen MR) is 47.5 cm³/mol. The highest BCUT2D eigenvalue weighted by molar-refractivity contribution is 14.1. The molecule has 1 heterocycles. The van der Waals surface area contributed by atoms with Crippen LogP contribution in [0.4, 0.5) is 8.78 Å². The fourth-order valence-corrected chi connectivity index (χ4v) is 1.10. The van der Waals surface area contributed by atoms with Crippen LogP contribution in [-0.4, -0.2) is 9.55 Å². The summed E-state index contributed by atoms with van der Waals surface area (Å²) in [7, 11) is 0. The van der Waals surface area contributed by atoms with Gasteiger partial charge < -0.3 is 0 Å². The summed E-state index contributed by atoms with van der Waals surface area (Å²) < 4.78 is 24.2. The van der Waals surface area contributed by atoms with Crippen LogP contribution in [0.2, 0.25) is 5.15 Å². The highest BCUT2D eigenvalue weighted by Gasteiger charge is 2.12. The van der Waals surface area contributed by atoms with Crippen LogP contribution in [0.3, 0.4) is 0 Å². The van der Waals surface area contributed by atoms with Crippen LogP contribution in [0.5, 0.6) is 0 Å². The summed E-state index contributed by atoms with van der Waals surface area (Å²) in [6.45, 7) is -2.88. The van der Waals surface area contributed by atoms with Gasteiger partial charge in [0.05, 0.1) is 0 Å². The van der Waals surface area contributed by atoms with Crippen LogP contribution < -0.4 is 5.56 Å². The third-order valence-electron chi connectivity index (χ3n) is 1.11. The van der Waals surface area contributed by atoms with Crippen molar-refractivity contribution in [3.63, 3.8) is 0 Å². The molecule has 0 bridgehead atoms. The Hall–Kier alpha value is -0.240. The van der Waals surface area contributed by atoms with Crippen molar-refractivity contribution in [1.29, 1.82) is 0 Å². The Bertz CT molecular complexity index is 354. The zero-order chi connectivity index (χ0) is 9.30. The summed E-state index contributed by atoms with van der Waals surface area (Å²) in [5.41, 5.74) is -0.828. The van der Waals surface area contributed by atoms with Gasteiger partial charge in [-0.1, -0.05) is 11.6 Å². The fourth-order valence-electron chi connectivity index (χ4n) is 0.563. The number of nitrogens with zero attached hydrogens (tertiary/aromatic N) is 2. The van der Waals surface area contributed by atoms with E-state index in [0.717, 1.165) is 6.33 Å². The first-order valence-corrected chi connectivity index (χ1v) is 4.20. The van der Waals surface area contributed by atoms with E-state index in [1.54, 1.807) is 22.6 Å². The number of halogens is 4. The summed E-state index contributed by atoms with van der Waals surface area (Å²) >= 11 is 6.98. The van der Waals surface area contributed by atoms with Crippen molar-refractivity contribution in [3.05, 3.63) is 25.4 Å². The lowest BCUT2D eigenvalue weighted by molar-refractivity contribution is 0.0648. The van der Waals surface area contributed by atoms with Gasteiger partial charge in [0.25, 0.3) is 5.56 Å². The molecule has 0 N–H and O–H groups in total. The third kappa shape index (κ3) is 1.74. The Kier molecular flexibility index (Phi) is 2.99. The molecule has 1 aromatic rings. The molecule has 7 heteroatoms. The maximum atomic E-state index is 12.0. The van der Waals surface area contributed by atoms with Crippen molar-refractivity contribution < 1.29 is 8.78 Å². The van der Waals surface area contributed by atoms with Crippen LogP contribution in [0.15, 0.2) is 11.1 Å². The van der Waals surface area contributed by atoms with Gasteiger partial charge in [0.2, 0.25) is 0 Å². The number of aromatic nitrogens is 2. The Balaban J connectivity index is 3.37. The first-order chi connectivity index (χ1) is 5.54. The van der Waals surface area contributed by atoms with Crippen molar-refractivity contribution in [2.75, 3.05) is 0 Å². The molecule has 0 radical (unpaired) electrons. The van der Waals surface area contributed by atoms with Crippen molar-refractivity contribution in [2.24, 2.45) is 0 Å². The molecule has 0 aliphatic heterocycles. The van der Waals surface area contributed by atoms with Gasteiger partial charge in [0.15, 0.2) is 0 Å². The average Bonchev–Trinajstić information content (AvgIpc) is 2.00. The normalized spacial score (nSPS) is 10.8. The van der Waals surface area contributed by atoms with E-state index in [1.807, 2.05) is 0 Å². The van der Waals surface area contributed by atoms with Gasteiger partial charge in [-0.3, -0.25) is 4.79 Å². The van der Waals surface area contributed by atoms with E-state index in [4.69, 9.17) is 11.6 Å². The van der Waals surface area contributed by atoms with Gasteiger partial charge in [-0.2, -0.15) is 8.78 Å². The molecule has 0 aromatic carbocycles. The van der Waals surface area contributed by atoms with Gasteiger partial charge in [-0.15, -0.1) is 0 Å². The van der Waals surface area contributed by atoms with E-state index in [9.17, 15) is 13.6 Å². The van der Waals surface area contributed by atoms with Gasteiger partial charge in [-0.05, 0) is 22.6 Å². The molecule has 0 amide bonds. The number of hydrogen-bond acceptors (Lipinski definition) is 2. The molecule has 0 aliphatic carbocycles. The molecular formula is C5H2ClF2IN2O. The minimum atomic E-state index is -2.88. The Morgan fingerprint density at radius 3 is 2.75 bits per heavy atom. The van der Waals surface area contributed by atoms with Gasteiger partial charge in [-0.25, -0.2) is 9.55 Å². The quantitative estimate of drug-likeness (QED) is 0.587. The molecule has 12 heavy (non-hydrogen) atoms. The average molecular weight is 306 g/mol. The monoisotopic (exact) mass is 306 g/mol. The number of alkyl halides is 2. The van der Waals surface area contributed by atoms with Crippen LogP contribution in [-0.2, 0) is 0 Å². The van der Waals surface area contributed by atoms with Gasteiger partial charge in [0, 0.05) is 0 Å². The highest BCUT2D eigenvalue weighted by atomic mass is 127. The second kappa shape index (κ2) is 3.65. The zero-order valence-corrected chi connectivity index (χ0v) is 8.38. The summed E-state index contributed by atoms with van der Waals surface area (Å²) in [6.07, 6.45) is 0.720. The maximum Gasteiger partial charge on any atom is 0.322 e. The molecule has 0 spiro atoms. The SMILES string of the molecule is O=c1c(I)c(Cl)ncn1C(F)F. The largest absolute Gasteiger partial charge is 0.322 e. The molecule has 1 rings (SSSR count). The Morgan fingerprint density at radius 1 is 1.67 bits per heavy atom. The van der Waals surface area contributed by atoms with E-state index < -0.39 is 12.1 Å². The second-order valence-electron chi connectivity index (χ2n) is 1.84. The first kappa shape index (κ1) is 9.85. The molecule has 3 nitrogen and oxygen atoms in total. The Labute approximate surface area is 84.5 Å². The van der Waals surface area contributed by atoms with E-state index >= 15 is 0 Å². The minimum Gasteiger partial charge on any atom is -0.268 e. The van der Waals surface area contributed by atoms with Gasteiger partial charge in [0.1, 0.15) is 15.1 Å². The van der Waals surface area contributed by atoms with Crippen LogP contribution in [0.1, 0.15) is 6.55 Å². The smallest absolute Gasteiger partial charge is 0.268 e. The van der Waals surface area contributed by atoms with Crippen molar-refractivity contribution in [2.45, 2.75) is 6.55 Å².